The summed E-state index contributed by atoms with van der Waals surface area (Å²) in [6.07, 6.45) is 2.67. The summed E-state index contributed by atoms with van der Waals surface area (Å²) in [5.41, 5.74) is 9.27. The molecule has 1 aliphatic rings. The minimum Gasteiger partial charge on any atom is -0.493 e. The van der Waals surface area contributed by atoms with E-state index in [0.29, 0.717) is 19.1 Å². The normalized spacial score (nSPS) is 16.6. The van der Waals surface area contributed by atoms with E-state index in [2.05, 4.69) is 26.3 Å². The number of nitrogens with zero attached hydrogens (tertiary/aromatic N) is 2. The Morgan fingerprint density at radius 1 is 1.19 bits per heavy atom. The highest BCUT2D eigenvalue weighted by atomic mass is 16.5. The van der Waals surface area contributed by atoms with Crippen LogP contribution in [0.4, 0.5) is 0 Å². The van der Waals surface area contributed by atoms with Crippen LogP contribution < -0.4 is 15.8 Å². The van der Waals surface area contributed by atoms with Crippen molar-refractivity contribution < 1.29 is 4.74 Å². The predicted molar refractivity (Wildman–Crippen MR) is 102 cm³/mol. The smallest absolute Gasteiger partial charge is 0.189 e. The molecule has 0 aliphatic carbocycles. The van der Waals surface area contributed by atoms with Crippen LogP contribution in [-0.4, -0.2) is 22.5 Å². The molecule has 1 aromatic heterocycles. The SMILES string of the molecule is NC(=NCc1ncc(-c2ccccc2)[nH]1)NC1CCOc2ccccc21. The van der Waals surface area contributed by atoms with E-state index in [0.717, 1.165) is 34.8 Å². The average Bonchev–Trinajstić information content (AvgIpc) is 3.17. The van der Waals surface area contributed by atoms with Crippen molar-refractivity contribution in [3.05, 3.63) is 72.2 Å². The summed E-state index contributed by atoms with van der Waals surface area (Å²) in [5, 5.41) is 3.29. The molecule has 2 heterocycles. The number of hydrogen-bond donors (Lipinski definition) is 3. The summed E-state index contributed by atoms with van der Waals surface area (Å²) >= 11 is 0. The third kappa shape index (κ3) is 3.54. The third-order valence-corrected chi connectivity index (χ3v) is 4.39. The Morgan fingerprint density at radius 2 is 2.00 bits per heavy atom. The summed E-state index contributed by atoms with van der Waals surface area (Å²) in [7, 11) is 0. The van der Waals surface area contributed by atoms with E-state index in [1.807, 2.05) is 54.7 Å². The molecule has 0 saturated carbocycles. The molecule has 2 aromatic carbocycles. The number of ether oxygens (including phenoxy) is 1. The van der Waals surface area contributed by atoms with Crippen LogP contribution in [0.25, 0.3) is 11.3 Å². The minimum atomic E-state index is 0.111. The van der Waals surface area contributed by atoms with Crippen molar-refractivity contribution in [2.75, 3.05) is 6.61 Å². The highest BCUT2D eigenvalue weighted by molar-refractivity contribution is 5.78. The van der Waals surface area contributed by atoms with Gasteiger partial charge in [-0.15, -0.1) is 0 Å². The van der Waals surface area contributed by atoms with Crippen LogP contribution in [0.1, 0.15) is 23.9 Å². The number of aromatic nitrogens is 2. The van der Waals surface area contributed by atoms with Crippen LogP contribution in [0, 0.1) is 0 Å². The number of H-pyrrole nitrogens is 1. The lowest BCUT2D eigenvalue weighted by Crippen LogP contribution is -2.37. The van der Waals surface area contributed by atoms with E-state index in [9.17, 15) is 0 Å². The molecule has 0 amide bonds. The Morgan fingerprint density at radius 3 is 2.88 bits per heavy atom. The Kier molecular flexibility index (Phi) is 4.55. The second kappa shape index (κ2) is 7.31. The molecule has 0 radical (unpaired) electrons. The Labute approximate surface area is 152 Å². The molecule has 26 heavy (non-hydrogen) atoms. The molecule has 132 valence electrons. The maximum Gasteiger partial charge on any atom is 0.189 e. The molecular formula is C20H21N5O. The fourth-order valence-corrected chi connectivity index (χ4v) is 3.08. The van der Waals surface area contributed by atoms with Gasteiger partial charge in [0.25, 0.3) is 0 Å². The zero-order valence-corrected chi connectivity index (χ0v) is 14.4. The minimum absolute atomic E-state index is 0.111. The number of nitrogens with two attached hydrogens (primary N) is 1. The maximum absolute atomic E-state index is 6.08. The highest BCUT2D eigenvalue weighted by Crippen LogP contribution is 2.31. The quantitative estimate of drug-likeness (QED) is 0.500. The second-order valence-electron chi connectivity index (χ2n) is 6.18. The summed E-state index contributed by atoms with van der Waals surface area (Å²) in [6.45, 7) is 1.07. The van der Waals surface area contributed by atoms with E-state index in [-0.39, 0.29) is 6.04 Å². The molecule has 0 spiro atoms. The monoisotopic (exact) mass is 347 g/mol. The molecule has 1 atom stereocenters. The Balaban J connectivity index is 1.41. The lowest BCUT2D eigenvalue weighted by molar-refractivity contribution is 0.262. The average molecular weight is 347 g/mol. The topological polar surface area (TPSA) is 88.3 Å². The second-order valence-corrected chi connectivity index (χ2v) is 6.18. The first-order valence-corrected chi connectivity index (χ1v) is 8.67. The lowest BCUT2D eigenvalue weighted by atomic mass is 10.0. The van der Waals surface area contributed by atoms with Crippen LogP contribution in [0.5, 0.6) is 5.75 Å². The largest absolute Gasteiger partial charge is 0.493 e. The van der Waals surface area contributed by atoms with Crippen molar-refractivity contribution >= 4 is 5.96 Å². The molecule has 3 aromatic rings. The van der Waals surface area contributed by atoms with E-state index in [1.54, 1.807) is 0 Å². The van der Waals surface area contributed by atoms with Crippen LogP contribution in [0.15, 0.2) is 65.8 Å². The standard InChI is InChI=1S/C20H21N5O/c21-20(25-16-10-11-26-18-9-5-4-8-15(16)18)23-13-19-22-12-17(24-19)14-6-2-1-3-7-14/h1-9,12,16H,10-11,13H2,(H,22,24)(H3,21,23,25). The van der Waals surface area contributed by atoms with Crippen molar-refractivity contribution in [1.29, 1.82) is 0 Å². The van der Waals surface area contributed by atoms with Gasteiger partial charge in [0.2, 0.25) is 0 Å². The van der Waals surface area contributed by atoms with E-state index in [1.165, 1.54) is 0 Å². The van der Waals surface area contributed by atoms with Gasteiger partial charge in [0, 0.05) is 12.0 Å². The van der Waals surface area contributed by atoms with Gasteiger partial charge in [-0.1, -0.05) is 48.5 Å². The van der Waals surface area contributed by atoms with Gasteiger partial charge < -0.3 is 20.8 Å². The summed E-state index contributed by atoms with van der Waals surface area (Å²) in [6, 6.07) is 18.2. The molecule has 6 heteroatoms. The van der Waals surface area contributed by atoms with Crippen molar-refractivity contribution in [3.63, 3.8) is 0 Å². The van der Waals surface area contributed by atoms with Crippen LogP contribution in [0.2, 0.25) is 0 Å². The van der Waals surface area contributed by atoms with Gasteiger partial charge in [-0.2, -0.15) is 0 Å². The van der Waals surface area contributed by atoms with Gasteiger partial charge in [-0.25, -0.2) is 9.98 Å². The number of aromatic amines is 1. The zero-order chi connectivity index (χ0) is 17.8. The number of nitrogens with one attached hydrogen (secondary N) is 2. The number of rotatable bonds is 4. The summed E-state index contributed by atoms with van der Waals surface area (Å²) < 4.78 is 5.67. The van der Waals surface area contributed by atoms with Gasteiger partial charge in [-0.3, -0.25) is 0 Å². The molecule has 4 N–H and O–H groups in total. The maximum atomic E-state index is 6.08. The van der Waals surface area contributed by atoms with E-state index in [4.69, 9.17) is 10.5 Å². The number of aliphatic imine (C=N–C) groups is 1. The Bertz CT molecular complexity index is 903. The number of fused-ring (bicyclic) bond motifs is 1. The third-order valence-electron chi connectivity index (χ3n) is 4.39. The first kappa shape index (κ1) is 16.2. The number of benzene rings is 2. The lowest BCUT2D eigenvalue weighted by Gasteiger charge is -2.26. The molecule has 0 saturated heterocycles. The van der Waals surface area contributed by atoms with Gasteiger partial charge in [-0.05, 0) is 11.6 Å². The summed E-state index contributed by atoms with van der Waals surface area (Å²) in [4.78, 5) is 12.1. The van der Waals surface area contributed by atoms with Crippen molar-refractivity contribution in [3.8, 4) is 17.0 Å². The van der Waals surface area contributed by atoms with Crippen LogP contribution in [-0.2, 0) is 6.54 Å². The van der Waals surface area contributed by atoms with Gasteiger partial charge in [0.05, 0.1) is 24.5 Å². The van der Waals surface area contributed by atoms with Crippen molar-refractivity contribution in [1.82, 2.24) is 15.3 Å². The molecule has 0 bridgehead atoms. The van der Waals surface area contributed by atoms with E-state index < -0.39 is 0 Å². The first-order valence-electron chi connectivity index (χ1n) is 8.67. The highest BCUT2D eigenvalue weighted by Gasteiger charge is 2.21. The zero-order valence-electron chi connectivity index (χ0n) is 14.4. The number of para-hydroxylation sites is 1. The first-order chi connectivity index (χ1) is 12.8. The summed E-state index contributed by atoms with van der Waals surface area (Å²) in [5.74, 6) is 2.09. The van der Waals surface area contributed by atoms with E-state index >= 15 is 0 Å². The van der Waals surface area contributed by atoms with Gasteiger partial charge >= 0.3 is 0 Å². The van der Waals surface area contributed by atoms with Gasteiger partial charge in [0.1, 0.15) is 18.1 Å². The number of guanidine groups is 1. The Hall–Kier alpha value is -3.28. The molecule has 1 unspecified atom stereocenters. The molecule has 0 fully saturated rings. The van der Waals surface area contributed by atoms with Crippen molar-refractivity contribution in [2.45, 2.75) is 19.0 Å². The van der Waals surface area contributed by atoms with Gasteiger partial charge in [0.15, 0.2) is 5.96 Å². The fourth-order valence-electron chi connectivity index (χ4n) is 3.08. The molecule has 6 nitrogen and oxygen atoms in total. The number of hydrogen-bond acceptors (Lipinski definition) is 3. The molecule has 1 aliphatic heterocycles. The molecular weight excluding hydrogens is 326 g/mol. The van der Waals surface area contributed by atoms with Crippen LogP contribution in [0.3, 0.4) is 0 Å². The number of imidazole rings is 1. The van der Waals surface area contributed by atoms with Crippen LogP contribution >= 0.6 is 0 Å². The van der Waals surface area contributed by atoms with Crippen molar-refractivity contribution in [2.24, 2.45) is 10.7 Å². The molecule has 4 rings (SSSR count). The fraction of sp³-hybridized carbons (Fsp3) is 0.200. The predicted octanol–water partition coefficient (Wildman–Crippen LogP) is 3.00.